The Labute approximate surface area is 149 Å². The van der Waals surface area contributed by atoms with Crippen LogP contribution in [0.4, 0.5) is 0 Å². The molecule has 1 aliphatic rings. The molecule has 2 unspecified atom stereocenters. The number of sulfonamides is 1. The van der Waals surface area contributed by atoms with Crippen molar-refractivity contribution in [3.8, 4) is 0 Å². The average molecular weight is 396 g/mol. The second kappa shape index (κ2) is 6.51. The van der Waals surface area contributed by atoms with Crippen molar-refractivity contribution in [3.05, 3.63) is 28.2 Å². The van der Waals surface area contributed by atoms with Gasteiger partial charge in [-0.05, 0) is 31.5 Å². The molecule has 0 bridgehead atoms. The number of carbonyl (C=O) groups is 2. The monoisotopic (exact) mass is 395 g/mol. The van der Waals surface area contributed by atoms with Crippen molar-refractivity contribution in [1.82, 2.24) is 4.31 Å². The Morgan fingerprint density at radius 1 is 1.29 bits per heavy atom. The zero-order valence-corrected chi connectivity index (χ0v) is 15.2. The van der Waals surface area contributed by atoms with E-state index in [1.54, 1.807) is 0 Å². The predicted molar refractivity (Wildman–Crippen MR) is 86.5 cm³/mol. The Morgan fingerprint density at radius 3 is 2.29 bits per heavy atom. The minimum Gasteiger partial charge on any atom is -0.480 e. The Bertz CT molecular complexity index is 776. The lowest BCUT2D eigenvalue weighted by Crippen LogP contribution is -2.55. The SMILES string of the molecule is COC(=O)C1CCN(S(=O)(=O)c2cc(Cl)cc(Cl)c2)C1(C)C(=O)O. The first-order valence-corrected chi connectivity index (χ1v) is 9.05. The summed E-state index contributed by atoms with van der Waals surface area (Å²) in [5, 5.41) is 9.81. The normalized spacial score (nSPS) is 24.8. The van der Waals surface area contributed by atoms with Crippen LogP contribution in [0.1, 0.15) is 13.3 Å². The molecule has 1 aliphatic heterocycles. The predicted octanol–water partition coefficient (Wildman–Crippen LogP) is 2.02. The zero-order chi connectivity index (χ0) is 18.3. The Kier molecular flexibility index (Phi) is 5.15. The van der Waals surface area contributed by atoms with E-state index in [1.807, 2.05) is 0 Å². The van der Waals surface area contributed by atoms with Crippen molar-refractivity contribution >= 4 is 45.2 Å². The Hall–Kier alpha value is -1.35. The van der Waals surface area contributed by atoms with E-state index in [1.165, 1.54) is 25.1 Å². The van der Waals surface area contributed by atoms with E-state index in [0.717, 1.165) is 11.4 Å². The second-order valence-corrected chi connectivity index (χ2v) is 8.23. The van der Waals surface area contributed by atoms with E-state index in [2.05, 4.69) is 4.74 Å². The summed E-state index contributed by atoms with van der Waals surface area (Å²) in [7, 11) is -3.11. The largest absolute Gasteiger partial charge is 0.480 e. The topological polar surface area (TPSA) is 101 Å². The number of benzene rings is 1. The van der Waals surface area contributed by atoms with Crippen LogP contribution >= 0.6 is 23.2 Å². The van der Waals surface area contributed by atoms with Gasteiger partial charge in [0.05, 0.1) is 17.9 Å². The zero-order valence-electron chi connectivity index (χ0n) is 12.8. The van der Waals surface area contributed by atoms with Crippen LogP contribution in [0.15, 0.2) is 23.1 Å². The highest BCUT2D eigenvalue weighted by molar-refractivity contribution is 7.89. The molecule has 1 heterocycles. The van der Waals surface area contributed by atoms with E-state index >= 15 is 0 Å². The molecule has 10 heteroatoms. The van der Waals surface area contributed by atoms with Crippen LogP contribution in [0.3, 0.4) is 0 Å². The van der Waals surface area contributed by atoms with Crippen LogP contribution < -0.4 is 0 Å². The van der Waals surface area contributed by atoms with Gasteiger partial charge < -0.3 is 9.84 Å². The smallest absolute Gasteiger partial charge is 0.325 e. The summed E-state index contributed by atoms with van der Waals surface area (Å²) in [5.41, 5.74) is -1.97. The lowest BCUT2D eigenvalue weighted by Gasteiger charge is -2.33. The average Bonchev–Trinajstić information content (AvgIpc) is 2.85. The van der Waals surface area contributed by atoms with Crippen molar-refractivity contribution in [2.75, 3.05) is 13.7 Å². The second-order valence-electron chi connectivity index (χ2n) is 5.50. The summed E-state index contributed by atoms with van der Waals surface area (Å²) in [4.78, 5) is 23.5. The number of hydrogen-bond donors (Lipinski definition) is 1. The van der Waals surface area contributed by atoms with Gasteiger partial charge in [0.25, 0.3) is 0 Å². The van der Waals surface area contributed by atoms with Gasteiger partial charge in [0, 0.05) is 16.6 Å². The molecule has 132 valence electrons. The summed E-state index contributed by atoms with van der Waals surface area (Å²) in [5.74, 6) is -3.33. The first kappa shape index (κ1) is 19.0. The molecular weight excluding hydrogens is 381 g/mol. The van der Waals surface area contributed by atoms with Crippen LogP contribution in [0, 0.1) is 5.92 Å². The molecule has 0 radical (unpaired) electrons. The van der Waals surface area contributed by atoms with Gasteiger partial charge in [-0.1, -0.05) is 23.2 Å². The number of hydrogen-bond acceptors (Lipinski definition) is 5. The molecule has 0 aliphatic carbocycles. The maximum atomic E-state index is 12.9. The molecule has 0 spiro atoms. The first-order chi connectivity index (χ1) is 11.0. The number of rotatable bonds is 4. The molecule has 1 saturated heterocycles. The molecule has 0 amide bonds. The van der Waals surface area contributed by atoms with E-state index in [-0.39, 0.29) is 27.9 Å². The molecule has 0 aromatic heterocycles. The maximum absolute atomic E-state index is 12.9. The highest BCUT2D eigenvalue weighted by Gasteiger charge is 2.59. The number of carboxylic acid groups (broad SMARTS) is 1. The van der Waals surface area contributed by atoms with E-state index in [4.69, 9.17) is 23.2 Å². The molecular formula is C14H15Cl2NO6S. The number of methoxy groups -OCH3 is 1. The van der Waals surface area contributed by atoms with Gasteiger partial charge in [0.2, 0.25) is 10.0 Å². The van der Waals surface area contributed by atoms with Gasteiger partial charge in [0.1, 0.15) is 5.54 Å². The quantitative estimate of drug-likeness (QED) is 0.782. The fourth-order valence-corrected chi connectivity index (χ4v) is 5.37. The molecule has 1 fully saturated rings. The van der Waals surface area contributed by atoms with Crippen LogP contribution in [-0.2, 0) is 24.3 Å². The van der Waals surface area contributed by atoms with Crippen LogP contribution in [-0.4, -0.2) is 49.0 Å². The highest BCUT2D eigenvalue weighted by atomic mass is 35.5. The summed E-state index contributed by atoms with van der Waals surface area (Å²) < 4.78 is 31.2. The Balaban J connectivity index is 2.57. The number of carboxylic acids is 1. The summed E-state index contributed by atoms with van der Waals surface area (Å²) in [6, 6.07) is 3.72. The number of carbonyl (C=O) groups excluding carboxylic acids is 1. The standard InChI is InChI=1S/C14H15Cl2NO6S/c1-14(13(19)20)11(12(18)23-2)3-4-17(14)24(21,22)10-6-8(15)5-9(16)7-10/h5-7,11H,3-4H2,1-2H3,(H,19,20). The molecule has 1 aromatic carbocycles. The highest BCUT2D eigenvalue weighted by Crippen LogP contribution is 2.40. The van der Waals surface area contributed by atoms with Gasteiger partial charge in [0.15, 0.2) is 0 Å². The van der Waals surface area contributed by atoms with Gasteiger partial charge in [-0.25, -0.2) is 8.42 Å². The van der Waals surface area contributed by atoms with Crippen molar-refractivity contribution in [2.24, 2.45) is 5.92 Å². The van der Waals surface area contributed by atoms with E-state index in [9.17, 15) is 23.1 Å². The Morgan fingerprint density at radius 2 is 1.83 bits per heavy atom. The van der Waals surface area contributed by atoms with Crippen LogP contribution in [0.2, 0.25) is 10.0 Å². The minimum atomic E-state index is -4.24. The molecule has 2 atom stereocenters. The lowest BCUT2D eigenvalue weighted by molar-refractivity contribution is -0.158. The van der Waals surface area contributed by atoms with Gasteiger partial charge in [-0.3, -0.25) is 9.59 Å². The lowest BCUT2D eigenvalue weighted by atomic mass is 9.87. The first-order valence-electron chi connectivity index (χ1n) is 6.85. The van der Waals surface area contributed by atoms with Gasteiger partial charge >= 0.3 is 11.9 Å². The molecule has 1 aromatic rings. The number of nitrogens with zero attached hydrogens (tertiary/aromatic N) is 1. The third kappa shape index (κ3) is 2.99. The summed E-state index contributed by atoms with van der Waals surface area (Å²) in [6.45, 7) is 1.04. The van der Waals surface area contributed by atoms with Gasteiger partial charge in [-0.2, -0.15) is 4.31 Å². The van der Waals surface area contributed by atoms with Crippen LogP contribution in [0.25, 0.3) is 0 Å². The van der Waals surface area contributed by atoms with E-state index in [0.29, 0.717) is 0 Å². The molecule has 1 N–H and O–H groups in total. The molecule has 24 heavy (non-hydrogen) atoms. The fourth-order valence-electron chi connectivity index (χ4n) is 2.85. The molecule has 0 saturated carbocycles. The van der Waals surface area contributed by atoms with Crippen molar-refractivity contribution in [2.45, 2.75) is 23.8 Å². The summed E-state index contributed by atoms with van der Waals surface area (Å²) in [6.07, 6.45) is 0.0308. The third-order valence-electron chi connectivity index (χ3n) is 4.16. The van der Waals surface area contributed by atoms with Crippen molar-refractivity contribution in [1.29, 1.82) is 0 Å². The van der Waals surface area contributed by atoms with Crippen molar-refractivity contribution < 1.29 is 27.9 Å². The molecule has 7 nitrogen and oxygen atoms in total. The third-order valence-corrected chi connectivity index (χ3v) is 6.57. The summed E-state index contributed by atoms with van der Waals surface area (Å²) >= 11 is 11.7. The maximum Gasteiger partial charge on any atom is 0.325 e. The fraction of sp³-hybridized carbons (Fsp3) is 0.429. The number of aliphatic carboxylic acids is 1. The van der Waals surface area contributed by atoms with Crippen LogP contribution in [0.5, 0.6) is 0 Å². The number of esters is 1. The van der Waals surface area contributed by atoms with E-state index < -0.39 is 33.4 Å². The van der Waals surface area contributed by atoms with Gasteiger partial charge in [-0.15, -0.1) is 0 Å². The van der Waals surface area contributed by atoms with Crippen molar-refractivity contribution in [3.63, 3.8) is 0 Å². The molecule has 2 rings (SSSR count). The minimum absolute atomic E-state index is 0.0308. The number of ether oxygens (including phenoxy) is 1. The number of halogens is 2.